The van der Waals surface area contributed by atoms with Gasteiger partial charge in [0.05, 0.1) is 0 Å². The minimum absolute atomic E-state index is 0.0844. The average molecular weight is 290 g/mol. The summed E-state index contributed by atoms with van der Waals surface area (Å²) < 4.78 is 1.58. The first-order chi connectivity index (χ1) is 7.65. The number of rotatable bonds is 2. The monoisotopic (exact) mass is 290 g/mol. The molecule has 16 heavy (non-hydrogen) atoms. The van der Waals surface area contributed by atoms with Crippen LogP contribution in [0.25, 0.3) is 11.0 Å². The molecule has 0 N–H and O–H groups in total. The number of hydrogen-bond acceptors (Lipinski definition) is 4. The molecule has 2 heterocycles. The van der Waals surface area contributed by atoms with Gasteiger partial charge in [0.25, 0.3) is 5.56 Å². The second kappa shape index (κ2) is 5.07. The third-order valence-electron chi connectivity index (χ3n) is 2.09. The molecule has 0 aliphatic rings. The van der Waals surface area contributed by atoms with Crippen LogP contribution in [-0.4, -0.2) is 19.5 Å². The van der Waals surface area contributed by atoms with Crippen LogP contribution < -0.4 is 11.1 Å². The van der Waals surface area contributed by atoms with Crippen LogP contribution in [0.15, 0.2) is 17.3 Å². The molecule has 4 unspecified atom stereocenters. The highest BCUT2D eigenvalue weighted by atomic mass is 32.6. The van der Waals surface area contributed by atoms with Crippen molar-refractivity contribution in [1.82, 2.24) is 19.5 Å². The molecule has 4 atom stereocenters. The van der Waals surface area contributed by atoms with Crippen molar-refractivity contribution >= 4 is 49.7 Å². The smallest absolute Gasteiger partial charge is 0.264 e. The molecule has 0 aliphatic carbocycles. The Morgan fingerprint density at radius 3 is 3.00 bits per heavy atom. The first-order valence-electron chi connectivity index (χ1n) is 4.33. The van der Waals surface area contributed by atoms with Gasteiger partial charge >= 0.3 is 0 Å². The molecule has 0 aliphatic heterocycles. The van der Waals surface area contributed by atoms with E-state index >= 15 is 0 Å². The van der Waals surface area contributed by atoms with Crippen LogP contribution in [0.4, 0.5) is 0 Å². The predicted molar refractivity (Wildman–Crippen MR) is 76.9 cm³/mol. The lowest BCUT2D eigenvalue weighted by Gasteiger charge is -2.12. The highest BCUT2D eigenvalue weighted by molar-refractivity contribution is 8.63. The second-order valence-electron chi connectivity index (χ2n) is 3.04. The van der Waals surface area contributed by atoms with E-state index in [1.165, 1.54) is 12.5 Å². The van der Waals surface area contributed by atoms with Gasteiger partial charge in [-0.15, -0.1) is 8.93 Å². The fourth-order valence-electron chi connectivity index (χ4n) is 1.28. The van der Waals surface area contributed by atoms with Crippen molar-refractivity contribution in [3.8, 4) is 0 Å². The van der Waals surface area contributed by atoms with Crippen molar-refractivity contribution in [2.75, 3.05) is 0 Å². The van der Waals surface area contributed by atoms with E-state index in [0.717, 1.165) is 5.57 Å². The molecule has 2 rings (SSSR count). The Balaban J connectivity index is 2.79. The number of hydrogen-bond donors (Lipinski definition) is 0. The van der Waals surface area contributed by atoms with E-state index in [2.05, 4.69) is 32.8 Å². The molecule has 0 aromatic carbocycles. The molecule has 0 fully saturated rings. The zero-order chi connectivity index (χ0) is 11.7. The standard InChI is InChI=1S/C7H10N4OP4/c1-11-6(12)4-2-8-3-9-5(4)10-7(11)16(14)15-13/h2-3,15H,13-14H2,1H3. The molecule has 0 saturated heterocycles. The van der Waals surface area contributed by atoms with E-state index in [4.69, 9.17) is 0 Å². The molecular formula is C7H10N4OP4. The summed E-state index contributed by atoms with van der Waals surface area (Å²) in [6.07, 6.45) is 2.92. The lowest BCUT2D eigenvalue weighted by Crippen LogP contribution is -2.30. The van der Waals surface area contributed by atoms with Crippen molar-refractivity contribution in [1.29, 1.82) is 0 Å². The zero-order valence-electron chi connectivity index (χ0n) is 8.45. The zero-order valence-corrected chi connectivity index (χ0v) is 12.7. The molecule has 0 amide bonds. The summed E-state index contributed by atoms with van der Waals surface area (Å²) in [7, 11) is 7.34. The minimum atomic E-state index is -0.485. The third kappa shape index (κ3) is 2.15. The normalized spacial score (nSPS) is 13.7. The molecule has 2 aromatic rings. The average Bonchev–Trinajstić information content (AvgIpc) is 2.33. The van der Waals surface area contributed by atoms with Crippen molar-refractivity contribution in [2.24, 2.45) is 7.05 Å². The van der Waals surface area contributed by atoms with Gasteiger partial charge in [0.1, 0.15) is 17.3 Å². The number of aromatic nitrogens is 4. The molecular weight excluding hydrogens is 280 g/mol. The van der Waals surface area contributed by atoms with Crippen LogP contribution >= 0.6 is 33.1 Å². The molecule has 84 valence electrons. The minimum Gasteiger partial charge on any atom is -0.295 e. The van der Waals surface area contributed by atoms with Crippen LogP contribution in [0.3, 0.4) is 0 Å². The van der Waals surface area contributed by atoms with E-state index < -0.39 is 7.30 Å². The van der Waals surface area contributed by atoms with E-state index in [-0.39, 0.29) is 5.56 Å². The Bertz CT molecular complexity index is 586. The Morgan fingerprint density at radius 1 is 1.56 bits per heavy atom. The highest BCUT2D eigenvalue weighted by Crippen LogP contribution is 2.64. The number of nitrogens with zero attached hydrogens (tertiary/aromatic N) is 4. The van der Waals surface area contributed by atoms with Gasteiger partial charge in [-0.05, 0) is 0 Å². The van der Waals surface area contributed by atoms with E-state index in [1.807, 2.05) is 0 Å². The summed E-state index contributed by atoms with van der Waals surface area (Å²) in [6.45, 7) is 0. The Kier molecular flexibility index (Phi) is 3.93. The van der Waals surface area contributed by atoms with Gasteiger partial charge in [0.2, 0.25) is 0 Å². The molecule has 9 heteroatoms. The number of fused-ring (bicyclic) bond motifs is 1. The SMILES string of the molecule is Cn1c(P(P)PP)nc2ncncc2c1=O. The predicted octanol–water partition coefficient (Wildman–Crippen LogP) is 1.00. The van der Waals surface area contributed by atoms with E-state index in [9.17, 15) is 4.79 Å². The largest absolute Gasteiger partial charge is 0.295 e. The summed E-state index contributed by atoms with van der Waals surface area (Å²) >= 11 is 0. The summed E-state index contributed by atoms with van der Waals surface area (Å²) in [6, 6.07) is 0. The maximum Gasteiger partial charge on any atom is 0.264 e. The van der Waals surface area contributed by atoms with Crippen molar-refractivity contribution in [3.05, 3.63) is 22.9 Å². The fraction of sp³-hybridized carbons (Fsp3) is 0.143. The van der Waals surface area contributed by atoms with Crippen LogP contribution in [0.2, 0.25) is 0 Å². The highest BCUT2D eigenvalue weighted by Gasteiger charge is 2.13. The lowest BCUT2D eigenvalue weighted by atomic mass is 10.4. The van der Waals surface area contributed by atoms with Crippen molar-refractivity contribution in [2.45, 2.75) is 0 Å². The van der Waals surface area contributed by atoms with E-state index in [0.29, 0.717) is 19.0 Å². The van der Waals surface area contributed by atoms with Crippen LogP contribution in [0.5, 0.6) is 0 Å². The van der Waals surface area contributed by atoms with Gasteiger partial charge in [0.15, 0.2) is 5.65 Å². The first kappa shape index (κ1) is 12.4. The Labute approximate surface area is 99.5 Å². The van der Waals surface area contributed by atoms with Gasteiger partial charge in [-0.25, -0.2) is 15.0 Å². The van der Waals surface area contributed by atoms with Crippen LogP contribution in [0, 0.1) is 0 Å². The topological polar surface area (TPSA) is 60.7 Å². The quantitative estimate of drug-likeness (QED) is 0.774. The van der Waals surface area contributed by atoms with Gasteiger partial charge in [-0.3, -0.25) is 9.36 Å². The van der Waals surface area contributed by atoms with E-state index in [1.54, 1.807) is 11.6 Å². The van der Waals surface area contributed by atoms with Crippen molar-refractivity contribution < 1.29 is 0 Å². The Morgan fingerprint density at radius 2 is 2.31 bits per heavy atom. The third-order valence-corrected chi connectivity index (χ3v) is 11.9. The van der Waals surface area contributed by atoms with Crippen LogP contribution in [-0.2, 0) is 7.05 Å². The summed E-state index contributed by atoms with van der Waals surface area (Å²) in [4.78, 5) is 24.3. The van der Waals surface area contributed by atoms with Gasteiger partial charge in [-0.1, -0.05) is 16.9 Å². The van der Waals surface area contributed by atoms with Gasteiger partial charge < -0.3 is 0 Å². The molecule has 0 saturated carbocycles. The fourth-order valence-corrected chi connectivity index (χ4v) is 4.69. The molecule has 0 radical (unpaired) electrons. The molecule has 0 spiro atoms. The molecule has 5 nitrogen and oxygen atoms in total. The van der Waals surface area contributed by atoms with Crippen LogP contribution in [0.1, 0.15) is 0 Å². The van der Waals surface area contributed by atoms with Gasteiger partial charge in [-0.2, -0.15) is 0 Å². The molecule has 2 aromatic heterocycles. The lowest BCUT2D eigenvalue weighted by molar-refractivity contribution is 0.878. The summed E-state index contributed by atoms with van der Waals surface area (Å²) in [5.74, 6) is 0. The maximum absolute atomic E-state index is 12.0. The first-order valence-corrected chi connectivity index (χ1v) is 10.9. The summed E-state index contributed by atoms with van der Waals surface area (Å²) in [5, 5.41) is 0.467. The Hall–Kier alpha value is -0.0600. The maximum atomic E-state index is 12.0. The molecule has 0 bridgehead atoms. The second-order valence-corrected chi connectivity index (χ2v) is 12.1. The van der Waals surface area contributed by atoms with Gasteiger partial charge in [0, 0.05) is 20.5 Å². The van der Waals surface area contributed by atoms with Crippen molar-refractivity contribution in [3.63, 3.8) is 0 Å². The summed E-state index contributed by atoms with van der Waals surface area (Å²) in [5.41, 5.74) is 1.19.